The number of carbonyl (C=O) groups is 1. The van der Waals surface area contributed by atoms with E-state index in [2.05, 4.69) is 73.5 Å². The summed E-state index contributed by atoms with van der Waals surface area (Å²) in [6.45, 7) is 2.89. The van der Waals surface area contributed by atoms with E-state index in [-0.39, 0.29) is 5.91 Å². The van der Waals surface area contributed by atoms with E-state index in [9.17, 15) is 4.79 Å². The second kappa shape index (κ2) is 7.20. The number of para-hydroxylation sites is 1. The molecule has 0 spiro atoms. The van der Waals surface area contributed by atoms with Crippen molar-refractivity contribution in [2.45, 2.75) is 32.2 Å². The molecule has 0 bridgehead atoms. The fourth-order valence-electron chi connectivity index (χ4n) is 4.18. The summed E-state index contributed by atoms with van der Waals surface area (Å²) in [6, 6.07) is 15.0. The summed E-state index contributed by atoms with van der Waals surface area (Å²) in [5, 5.41) is 1.26. The van der Waals surface area contributed by atoms with Gasteiger partial charge in [-0.25, -0.2) is 0 Å². The fraction of sp³-hybridized carbons (Fsp3) is 0.348. The van der Waals surface area contributed by atoms with Gasteiger partial charge in [0, 0.05) is 41.8 Å². The molecule has 1 aromatic heterocycles. The number of nitrogens with one attached hydrogen (secondary N) is 1. The minimum absolute atomic E-state index is 0.205. The molecule has 1 N–H and O–H groups in total. The Labute approximate surface area is 160 Å². The minimum atomic E-state index is 0.205. The van der Waals surface area contributed by atoms with Crippen LogP contribution in [0.2, 0.25) is 0 Å². The molecule has 4 nitrogen and oxygen atoms in total. The van der Waals surface area contributed by atoms with Crippen molar-refractivity contribution in [2.24, 2.45) is 0 Å². The van der Waals surface area contributed by atoms with Crippen molar-refractivity contribution in [3.8, 4) is 0 Å². The first-order valence-electron chi connectivity index (χ1n) is 9.65. The summed E-state index contributed by atoms with van der Waals surface area (Å²) in [4.78, 5) is 20.7. The Morgan fingerprint density at radius 1 is 1.19 bits per heavy atom. The second-order valence-electron chi connectivity index (χ2n) is 7.77. The highest BCUT2D eigenvalue weighted by atomic mass is 16.2. The number of carbonyl (C=O) groups excluding carboxylic acids is 1. The molecule has 27 heavy (non-hydrogen) atoms. The van der Waals surface area contributed by atoms with Gasteiger partial charge < -0.3 is 14.8 Å². The highest BCUT2D eigenvalue weighted by Crippen LogP contribution is 2.29. The van der Waals surface area contributed by atoms with Crippen LogP contribution < -0.4 is 4.90 Å². The van der Waals surface area contributed by atoms with Crippen molar-refractivity contribution in [1.29, 1.82) is 0 Å². The van der Waals surface area contributed by atoms with Gasteiger partial charge in [-0.3, -0.25) is 4.79 Å². The lowest BCUT2D eigenvalue weighted by Gasteiger charge is -2.37. The van der Waals surface area contributed by atoms with E-state index in [1.54, 1.807) is 0 Å². The molecule has 2 aromatic carbocycles. The predicted octanol–water partition coefficient (Wildman–Crippen LogP) is 3.93. The molecule has 1 atom stereocenters. The van der Waals surface area contributed by atoms with Gasteiger partial charge >= 0.3 is 0 Å². The Kier molecular flexibility index (Phi) is 4.75. The van der Waals surface area contributed by atoms with Gasteiger partial charge in [-0.05, 0) is 62.7 Å². The molecule has 0 fully saturated rings. The number of fused-ring (bicyclic) bond motifs is 2. The number of anilines is 1. The normalized spacial score (nSPS) is 16.7. The van der Waals surface area contributed by atoms with Crippen LogP contribution in [0.25, 0.3) is 10.9 Å². The van der Waals surface area contributed by atoms with Crippen molar-refractivity contribution >= 4 is 22.5 Å². The van der Waals surface area contributed by atoms with Gasteiger partial charge in [0.25, 0.3) is 0 Å². The van der Waals surface area contributed by atoms with Crippen LogP contribution in [0.4, 0.5) is 5.69 Å². The van der Waals surface area contributed by atoms with Crippen LogP contribution in [0.1, 0.15) is 23.1 Å². The van der Waals surface area contributed by atoms with E-state index in [0.29, 0.717) is 12.5 Å². The van der Waals surface area contributed by atoms with Crippen LogP contribution >= 0.6 is 0 Å². The van der Waals surface area contributed by atoms with Crippen LogP contribution in [0.15, 0.2) is 48.7 Å². The van der Waals surface area contributed by atoms with Crippen molar-refractivity contribution in [3.05, 3.63) is 65.4 Å². The fourth-order valence-corrected chi connectivity index (χ4v) is 4.18. The Morgan fingerprint density at radius 3 is 2.81 bits per heavy atom. The Bertz CT molecular complexity index is 973. The van der Waals surface area contributed by atoms with Crippen molar-refractivity contribution in [2.75, 3.05) is 25.5 Å². The molecule has 2 heterocycles. The molecule has 4 heteroatoms. The minimum Gasteiger partial charge on any atom is -0.361 e. The lowest BCUT2D eigenvalue weighted by Crippen LogP contribution is -2.48. The molecule has 0 radical (unpaired) electrons. The van der Waals surface area contributed by atoms with E-state index in [4.69, 9.17) is 0 Å². The van der Waals surface area contributed by atoms with Crippen molar-refractivity contribution in [3.63, 3.8) is 0 Å². The Morgan fingerprint density at radius 2 is 2.00 bits per heavy atom. The Balaban J connectivity index is 1.55. The number of hydrogen-bond donors (Lipinski definition) is 1. The lowest BCUT2D eigenvalue weighted by molar-refractivity contribution is -0.118. The molecule has 1 aliphatic heterocycles. The first-order valence-corrected chi connectivity index (χ1v) is 9.65. The quantitative estimate of drug-likeness (QED) is 0.765. The molecule has 0 saturated heterocycles. The van der Waals surface area contributed by atoms with Crippen LogP contribution in [-0.2, 0) is 17.6 Å². The topological polar surface area (TPSA) is 39.3 Å². The summed E-state index contributed by atoms with van der Waals surface area (Å²) in [6.07, 6.45) is 4.33. The van der Waals surface area contributed by atoms with Crippen LogP contribution in [0.3, 0.4) is 0 Å². The number of hydrogen-bond acceptors (Lipinski definition) is 2. The van der Waals surface area contributed by atoms with E-state index in [1.807, 2.05) is 11.0 Å². The first kappa shape index (κ1) is 17.8. The van der Waals surface area contributed by atoms with Crippen molar-refractivity contribution in [1.82, 2.24) is 9.88 Å². The number of amides is 1. The van der Waals surface area contributed by atoms with E-state index >= 15 is 0 Å². The van der Waals surface area contributed by atoms with Crippen LogP contribution in [-0.4, -0.2) is 42.5 Å². The third kappa shape index (κ3) is 3.37. The van der Waals surface area contributed by atoms with E-state index in [0.717, 1.165) is 30.6 Å². The third-order valence-corrected chi connectivity index (χ3v) is 5.77. The van der Waals surface area contributed by atoms with Gasteiger partial charge in [0.1, 0.15) is 0 Å². The van der Waals surface area contributed by atoms with Crippen LogP contribution in [0, 0.1) is 6.92 Å². The molecule has 0 aliphatic carbocycles. The highest BCUT2D eigenvalue weighted by molar-refractivity contribution is 5.95. The van der Waals surface area contributed by atoms with Gasteiger partial charge in [-0.2, -0.15) is 0 Å². The number of likely N-dealkylation sites (N-methyl/N-ethyl adjacent to an activating group) is 1. The maximum atomic E-state index is 13.1. The SMILES string of the molecule is Cc1cccc2[nH]cc(CCC(=O)N3CC(N(C)C)Cc4ccccc43)c12. The second-order valence-corrected chi connectivity index (χ2v) is 7.77. The number of aromatic nitrogens is 1. The zero-order valence-corrected chi connectivity index (χ0v) is 16.3. The molecule has 1 aliphatic rings. The largest absolute Gasteiger partial charge is 0.361 e. The summed E-state index contributed by atoms with van der Waals surface area (Å²) < 4.78 is 0. The monoisotopic (exact) mass is 361 g/mol. The number of benzene rings is 2. The lowest BCUT2D eigenvalue weighted by atomic mass is 9.96. The number of aryl methyl sites for hydroxylation is 2. The molecular formula is C23H27N3O. The summed E-state index contributed by atoms with van der Waals surface area (Å²) in [5.74, 6) is 0.205. The van der Waals surface area contributed by atoms with Gasteiger partial charge in [0.05, 0.1) is 0 Å². The predicted molar refractivity (Wildman–Crippen MR) is 111 cm³/mol. The zero-order chi connectivity index (χ0) is 19.0. The number of H-pyrrole nitrogens is 1. The van der Waals surface area contributed by atoms with Gasteiger partial charge in [-0.1, -0.05) is 30.3 Å². The Hall–Kier alpha value is -2.59. The first-order chi connectivity index (χ1) is 13.0. The standard InChI is InChI=1S/C23H27N3O/c1-16-7-6-9-20-23(16)18(14-24-20)11-12-22(27)26-15-19(25(2)3)13-17-8-4-5-10-21(17)26/h4-10,14,19,24H,11-13,15H2,1-3H3. The number of aromatic amines is 1. The molecule has 1 unspecified atom stereocenters. The molecule has 140 valence electrons. The summed E-state index contributed by atoms with van der Waals surface area (Å²) >= 11 is 0. The van der Waals surface area contributed by atoms with Gasteiger partial charge in [0.2, 0.25) is 5.91 Å². The average Bonchev–Trinajstić information content (AvgIpc) is 3.09. The van der Waals surface area contributed by atoms with Crippen molar-refractivity contribution < 1.29 is 4.79 Å². The maximum Gasteiger partial charge on any atom is 0.227 e. The smallest absolute Gasteiger partial charge is 0.227 e. The third-order valence-electron chi connectivity index (χ3n) is 5.77. The summed E-state index contributed by atoms with van der Waals surface area (Å²) in [7, 11) is 4.19. The molecule has 4 rings (SSSR count). The molecule has 1 amide bonds. The maximum absolute atomic E-state index is 13.1. The highest BCUT2D eigenvalue weighted by Gasteiger charge is 2.29. The molecule has 3 aromatic rings. The zero-order valence-electron chi connectivity index (χ0n) is 16.3. The molecule has 0 saturated carbocycles. The number of rotatable bonds is 4. The number of nitrogens with zero attached hydrogens (tertiary/aromatic N) is 2. The van der Waals surface area contributed by atoms with E-state index < -0.39 is 0 Å². The van der Waals surface area contributed by atoms with Gasteiger partial charge in [-0.15, -0.1) is 0 Å². The average molecular weight is 361 g/mol. The molecular weight excluding hydrogens is 334 g/mol. The summed E-state index contributed by atoms with van der Waals surface area (Å²) in [5.41, 5.74) is 5.97. The van der Waals surface area contributed by atoms with Crippen LogP contribution in [0.5, 0.6) is 0 Å². The van der Waals surface area contributed by atoms with Gasteiger partial charge in [0.15, 0.2) is 0 Å². The van der Waals surface area contributed by atoms with E-state index in [1.165, 1.54) is 22.1 Å².